The van der Waals surface area contributed by atoms with Crippen LogP contribution in [0.1, 0.15) is 44.9 Å². The van der Waals surface area contributed by atoms with Crippen LogP contribution in [0.4, 0.5) is 13.2 Å². The lowest BCUT2D eigenvalue weighted by atomic mass is 10.0. The highest BCUT2D eigenvalue weighted by molar-refractivity contribution is 7.84. The van der Waals surface area contributed by atoms with Gasteiger partial charge in [-0.25, -0.2) is 8.51 Å². The number of benzene rings is 1. The fraction of sp³-hybridized carbons (Fsp3) is 0.571. The molecule has 0 aliphatic carbocycles. The maximum Gasteiger partial charge on any atom is 0.416 e. The summed E-state index contributed by atoms with van der Waals surface area (Å²) < 4.78 is 51.6. The quantitative estimate of drug-likeness (QED) is 0.917. The molecule has 2 unspecified atom stereocenters. The van der Waals surface area contributed by atoms with E-state index >= 15 is 0 Å². The van der Waals surface area contributed by atoms with Gasteiger partial charge in [0.1, 0.15) is 5.75 Å². The second-order valence-electron chi connectivity index (χ2n) is 5.89. The van der Waals surface area contributed by atoms with Gasteiger partial charge in [-0.15, -0.1) is 0 Å². The molecule has 0 aromatic heterocycles. The smallest absolute Gasteiger partial charge is 0.416 e. The van der Waals surface area contributed by atoms with Gasteiger partial charge in [-0.3, -0.25) is 0 Å². The van der Waals surface area contributed by atoms with E-state index in [4.69, 9.17) is 0 Å². The standard InChI is InChI=1S/C14H20F3NO2S/c1-9(18(5)21(20)13(2,3)4)10-6-11(14(15,16)17)8-12(19)7-10/h6-9,19H,1-5H3. The average Bonchev–Trinajstić information content (AvgIpc) is 2.33. The van der Waals surface area contributed by atoms with Crippen LogP contribution in [0.25, 0.3) is 0 Å². The van der Waals surface area contributed by atoms with E-state index in [0.29, 0.717) is 6.07 Å². The van der Waals surface area contributed by atoms with E-state index < -0.39 is 39.3 Å². The highest BCUT2D eigenvalue weighted by atomic mass is 32.2. The van der Waals surface area contributed by atoms with Gasteiger partial charge in [0.05, 0.1) is 21.3 Å². The minimum absolute atomic E-state index is 0.266. The highest BCUT2D eigenvalue weighted by Crippen LogP contribution is 2.35. The molecule has 1 aromatic rings. The molecule has 1 rings (SSSR count). The molecule has 0 saturated carbocycles. The van der Waals surface area contributed by atoms with Crippen molar-refractivity contribution in [1.29, 1.82) is 0 Å². The van der Waals surface area contributed by atoms with Crippen molar-refractivity contribution in [3.63, 3.8) is 0 Å². The molecule has 0 fully saturated rings. The van der Waals surface area contributed by atoms with Gasteiger partial charge < -0.3 is 5.11 Å². The van der Waals surface area contributed by atoms with E-state index in [1.54, 1.807) is 34.7 Å². The molecule has 0 aliphatic rings. The van der Waals surface area contributed by atoms with Gasteiger partial charge in [-0.1, -0.05) is 0 Å². The first-order valence-corrected chi connectivity index (χ1v) is 7.50. The van der Waals surface area contributed by atoms with Crippen LogP contribution in [0.3, 0.4) is 0 Å². The van der Waals surface area contributed by atoms with Crippen molar-refractivity contribution in [2.24, 2.45) is 0 Å². The number of nitrogens with zero attached hydrogens (tertiary/aromatic N) is 1. The number of phenolic OH excluding ortho intramolecular Hbond substituents is 1. The van der Waals surface area contributed by atoms with Gasteiger partial charge in [0.15, 0.2) is 0 Å². The molecule has 2 atom stereocenters. The lowest BCUT2D eigenvalue weighted by molar-refractivity contribution is -0.137. The second-order valence-corrected chi connectivity index (χ2v) is 8.19. The molecule has 0 amide bonds. The summed E-state index contributed by atoms with van der Waals surface area (Å²) >= 11 is 0. The van der Waals surface area contributed by atoms with Crippen LogP contribution in [0.15, 0.2) is 18.2 Å². The van der Waals surface area contributed by atoms with E-state index in [0.717, 1.165) is 6.07 Å². The Morgan fingerprint density at radius 2 is 1.71 bits per heavy atom. The fourth-order valence-electron chi connectivity index (χ4n) is 1.83. The average molecular weight is 323 g/mol. The van der Waals surface area contributed by atoms with Crippen molar-refractivity contribution in [2.75, 3.05) is 7.05 Å². The number of alkyl halides is 3. The van der Waals surface area contributed by atoms with Crippen LogP contribution in [0.5, 0.6) is 5.75 Å². The maximum absolute atomic E-state index is 12.8. The van der Waals surface area contributed by atoms with Gasteiger partial charge in [-0.05, 0) is 51.5 Å². The van der Waals surface area contributed by atoms with Gasteiger partial charge in [0.2, 0.25) is 0 Å². The predicted molar refractivity (Wildman–Crippen MR) is 77.2 cm³/mol. The van der Waals surface area contributed by atoms with Gasteiger partial charge in [0, 0.05) is 13.1 Å². The summed E-state index contributed by atoms with van der Waals surface area (Å²) in [7, 11) is 0.210. The lowest BCUT2D eigenvalue weighted by Crippen LogP contribution is -2.36. The van der Waals surface area contributed by atoms with Crippen LogP contribution in [0, 0.1) is 0 Å². The van der Waals surface area contributed by atoms with Crippen molar-refractivity contribution in [3.05, 3.63) is 29.3 Å². The summed E-state index contributed by atoms with van der Waals surface area (Å²) in [6.45, 7) is 7.01. The summed E-state index contributed by atoms with van der Waals surface area (Å²) in [6.07, 6.45) is -4.53. The summed E-state index contributed by atoms with van der Waals surface area (Å²) in [6, 6.07) is 2.38. The van der Waals surface area contributed by atoms with Crippen LogP contribution in [-0.2, 0) is 17.2 Å². The molecule has 0 saturated heterocycles. The van der Waals surface area contributed by atoms with Crippen LogP contribution in [-0.4, -0.2) is 25.4 Å². The molecule has 120 valence electrons. The number of phenols is 1. The van der Waals surface area contributed by atoms with Crippen molar-refractivity contribution >= 4 is 11.0 Å². The Balaban J connectivity index is 3.16. The molecule has 0 heterocycles. The van der Waals surface area contributed by atoms with Crippen molar-refractivity contribution in [2.45, 2.75) is 44.7 Å². The monoisotopic (exact) mass is 323 g/mol. The van der Waals surface area contributed by atoms with Crippen LogP contribution in [0.2, 0.25) is 0 Å². The number of hydrogen-bond acceptors (Lipinski definition) is 2. The number of halogens is 3. The third-order valence-corrected chi connectivity index (χ3v) is 4.97. The van der Waals surface area contributed by atoms with Crippen LogP contribution < -0.4 is 0 Å². The second kappa shape index (κ2) is 5.96. The predicted octanol–water partition coefficient (Wildman–Crippen LogP) is 3.87. The third kappa shape index (κ3) is 4.44. The summed E-state index contributed by atoms with van der Waals surface area (Å²) in [5, 5.41) is 9.49. The minimum Gasteiger partial charge on any atom is -0.508 e. The zero-order chi connectivity index (χ0) is 16.6. The Labute approximate surface area is 125 Å². The van der Waals surface area contributed by atoms with Crippen molar-refractivity contribution in [3.8, 4) is 5.75 Å². The molecule has 3 nitrogen and oxygen atoms in total. The molecular formula is C14H20F3NO2S. The molecule has 1 aromatic carbocycles. The maximum atomic E-state index is 12.8. The molecule has 0 aliphatic heterocycles. The van der Waals surface area contributed by atoms with Crippen LogP contribution >= 0.6 is 0 Å². The molecule has 0 spiro atoms. The van der Waals surface area contributed by atoms with E-state index in [1.165, 1.54) is 10.4 Å². The fourth-order valence-corrected chi connectivity index (χ4v) is 3.10. The Hall–Kier alpha value is -1.08. The van der Waals surface area contributed by atoms with E-state index in [1.807, 2.05) is 0 Å². The zero-order valence-corrected chi connectivity index (χ0v) is 13.5. The van der Waals surface area contributed by atoms with Gasteiger partial charge in [0.25, 0.3) is 0 Å². The van der Waals surface area contributed by atoms with Gasteiger partial charge in [-0.2, -0.15) is 13.2 Å². The van der Waals surface area contributed by atoms with E-state index in [-0.39, 0.29) is 5.56 Å². The molecule has 0 radical (unpaired) electrons. The molecule has 1 N–H and O–H groups in total. The molecule has 21 heavy (non-hydrogen) atoms. The third-order valence-electron chi connectivity index (χ3n) is 3.08. The first-order chi connectivity index (χ1) is 9.34. The molecular weight excluding hydrogens is 303 g/mol. The number of hydrogen-bond donors (Lipinski definition) is 1. The van der Waals surface area contributed by atoms with Crippen molar-refractivity contribution in [1.82, 2.24) is 4.31 Å². The summed E-state index contributed by atoms with van der Waals surface area (Å²) in [4.78, 5) is 0. The van der Waals surface area contributed by atoms with E-state index in [9.17, 15) is 22.5 Å². The number of aromatic hydroxyl groups is 1. The Morgan fingerprint density at radius 1 is 1.19 bits per heavy atom. The summed E-state index contributed by atoms with van der Waals surface area (Å²) in [5.41, 5.74) is -0.651. The number of rotatable bonds is 3. The molecule has 0 bridgehead atoms. The Kier molecular flexibility index (Phi) is 5.10. The SMILES string of the molecule is CC(c1cc(O)cc(C(F)(F)F)c1)N(C)S(=O)C(C)(C)C. The largest absolute Gasteiger partial charge is 0.508 e. The van der Waals surface area contributed by atoms with Gasteiger partial charge >= 0.3 is 6.18 Å². The highest BCUT2D eigenvalue weighted by Gasteiger charge is 2.33. The normalized spacial score (nSPS) is 16.0. The summed E-state index contributed by atoms with van der Waals surface area (Å²) in [5.74, 6) is -0.457. The first kappa shape index (κ1) is 18.0. The lowest BCUT2D eigenvalue weighted by Gasteiger charge is -2.30. The Morgan fingerprint density at radius 3 is 2.14 bits per heavy atom. The minimum atomic E-state index is -4.53. The molecule has 7 heteroatoms. The van der Waals surface area contributed by atoms with Crippen molar-refractivity contribution < 1.29 is 22.5 Å². The van der Waals surface area contributed by atoms with E-state index in [2.05, 4.69) is 0 Å². The topological polar surface area (TPSA) is 40.5 Å². The Bertz CT molecular complexity index is 538. The zero-order valence-electron chi connectivity index (χ0n) is 12.7. The first-order valence-electron chi connectivity index (χ1n) is 6.40.